The van der Waals surface area contributed by atoms with Gasteiger partial charge in [0.25, 0.3) is 0 Å². The van der Waals surface area contributed by atoms with Gasteiger partial charge in [0, 0.05) is 26.1 Å². The van der Waals surface area contributed by atoms with Crippen LogP contribution in [0.15, 0.2) is 72.5 Å². The summed E-state index contributed by atoms with van der Waals surface area (Å²) < 4.78 is 17.9. The molecule has 1 aliphatic carbocycles. The third kappa shape index (κ3) is 5.02. The van der Waals surface area contributed by atoms with Crippen LogP contribution in [0.5, 0.6) is 0 Å². The SMILES string of the molecule is CN(Cc1ccccc1)CC1C(=O)OC2CC3(C)OC3C(O)C(N(C)Cc3ccccc3)C3C=C(OC3=O)C21. The number of likely N-dealkylation sites (N-methyl/N-ethyl adjacent to an activating group) is 1. The van der Waals surface area contributed by atoms with Crippen molar-refractivity contribution in [1.29, 1.82) is 0 Å². The fourth-order valence-corrected chi connectivity index (χ4v) is 6.78. The van der Waals surface area contributed by atoms with Crippen LogP contribution in [-0.2, 0) is 36.9 Å². The van der Waals surface area contributed by atoms with Gasteiger partial charge >= 0.3 is 11.9 Å². The van der Waals surface area contributed by atoms with E-state index in [4.69, 9.17) is 14.2 Å². The van der Waals surface area contributed by atoms with E-state index in [-0.39, 0.29) is 5.97 Å². The highest BCUT2D eigenvalue weighted by molar-refractivity contribution is 5.81. The van der Waals surface area contributed by atoms with Crippen LogP contribution in [-0.4, -0.2) is 77.4 Å². The maximum atomic E-state index is 13.3. The number of epoxide rings is 1. The predicted molar refractivity (Wildman–Crippen MR) is 143 cm³/mol. The Hall–Kier alpha value is -3.04. The number of aliphatic hydroxyl groups excluding tert-OH is 1. The van der Waals surface area contributed by atoms with Crippen LogP contribution < -0.4 is 0 Å². The average Bonchev–Trinajstić information content (AvgIpc) is 3.30. The lowest BCUT2D eigenvalue weighted by Gasteiger charge is -2.34. The Labute approximate surface area is 229 Å². The van der Waals surface area contributed by atoms with Crippen molar-refractivity contribution in [2.75, 3.05) is 20.6 Å². The Morgan fingerprint density at radius 3 is 2.26 bits per heavy atom. The third-order valence-corrected chi connectivity index (χ3v) is 8.73. The van der Waals surface area contributed by atoms with E-state index < -0.39 is 53.7 Å². The normalized spacial score (nSPS) is 35.2. The lowest BCUT2D eigenvalue weighted by molar-refractivity contribution is -0.145. The predicted octanol–water partition coefficient (Wildman–Crippen LogP) is 2.76. The molecule has 2 fully saturated rings. The van der Waals surface area contributed by atoms with Gasteiger partial charge in [0.1, 0.15) is 18.0 Å². The molecule has 0 aromatic heterocycles. The van der Waals surface area contributed by atoms with Crippen LogP contribution in [0.4, 0.5) is 0 Å². The van der Waals surface area contributed by atoms with Gasteiger partial charge in [-0.3, -0.25) is 14.5 Å². The molecule has 8 atom stereocenters. The molecule has 0 radical (unpaired) electrons. The van der Waals surface area contributed by atoms with Crippen molar-refractivity contribution in [3.63, 3.8) is 0 Å². The van der Waals surface area contributed by atoms with E-state index in [1.807, 2.05) is 80.5 Å². The van der Waals surface area contributed by atoms with Crippen molar-refractivity contribution in [2.45, 2.75) is 56.4 Å². The Kier molecular flexibility index (Phi) is 6.83. The molecule has 6 rings (SSSR count). The first-order valence-electron chi connectivity index (χ1n) is 13.7. The smallest absolute Gasteiger partial charge is 0.319 e. The number of rotatable bonds is 7. The number of aliphatic hydroxyl groups is 1. The molecule has 39 heavy (non-hydrogen) atoms. The van der Waals surface area contributed by atoms with Gasteiger partial charge in [0.2, 0.25) is 0 Å². The molecule has 3 aliphatic heterocycles. The topological polar surface area (TPSA) is 91.8 Å². The Bertz CT molecular complexity index is 1250. The van der Waals surface area contributed by atoms with Crippen LogP contribution in [0.3, 0.4) is 0 Å². The molecular weight excluding hydrogens is 496 g/mol. The van der Waals surface area contributed by atoms with Gasteiger partial charge in [0.05, 0.1) is 35.5 Å². The quantitative estimate of drug-likeness (QED) is 0.430. The highest BCUT2D eigenvalue weighted by Crippen LogP contribution is 2.51. The molecule has 3 heterocycles. The summed E-state index contributed by atoms with van der Waals surface area (Å²) in [4.78, 5) is 30.7. The van der Waals surface area contributed by atoms with Crippen molar-refractivity contribution < 1.29 is 28.9 Å². The molecule has 1 N–H and O–H groups in total. The summed E-state index contributed by atoms with van der Waals surface area (Å²) in [6.45, 7) is 3.66. The van der Waals surface area contributed by atoms with E-state index in [1.165, 1.54) is 0 Å². The molecular formula is C31H36N2O6. The molecule has 0 spiro atoms. The lowest BCUT2D eigenvalue weighted by Crippen LogP contribution is -2.51. The molecule has 2 aromatic rings. The highest BCUT2D eigenvalue weighted by atomic mass is 16.6. The van der Waals surface area contributed by atoms with Gasteiger partial charge < -0.3 is 24.2 Å². The van der Waals surface area contributed by atoms with Crippen LogP contribution in [0.2, 0.25) is 0 Å². The minimum atomic E-state index is -0.918. The first-order chi connectivity index (χ1) is 18.7. The van der Waals surface area contributed by atoms with Crippen molar-refractivity contribution in [3.05, 3.63) is 83.6 Å². The number of hydrogen-bond acceptors (Lipinski definition) is 8. The van der Waals surface area contributed by atoms with Crippen molar-refractivity contribution in [3.8, 4) is 0 Å². The van der Waals surface area contributed by atoms with Gasteiger partial charge in [-0.2, -0.15) is 0 Å². The second-order valence-corrected chi connectivity index (χ2v) is 11.7. The second kappa shape index (κ2) is 10.2. The third-order valence-electron chi connectivity index (χ3n) is 8.73. The molecule has 8 nitrogen and oxygen atoms in total. The van der Waals surface area contributed by atoms with Crippen molar-refractivity contribution >= 4 is 11.9 Å². The summed E-state index contributed by atoms with van der Waals surface area (Å²) >= 11 is 0. The van der Waals surface area contributed by atoms with E-state index in [1.54, 1.807) is 0 Å². The zero-order valence-corrected chi connectivity index (χ0v) is 22.6. The fraction of sp³-hybridized carbons (Fsp3) is 0.484. The van der Waals surface area contributed by atoms with E-state index in [9.17, 15) is 14.7 Å². The minimum Gasteiger partial charge on any atom is -0.461 e. The van der Waals surface area contributed by atoms with E-state index in [0.29, 0.717) is 31.8 Å². The Morgan fingerprint density at radius 2 is 1.59 bits per heavy atom. The average molecular weight is 533 g/mol. The van der Waals surface area contributed by atoms with Crippen LogP contribution in [0, 0.1) is 17.8 Å². The Balaban J connectivity index is 1.30. The first-order valence-corrected chi connectivity index (χ1v) is 13.7. The molecule has 2 saturated heterocycles. The molecule has 8 unspecified atom stereocenters. The number of fused-ring (bicyclic) bond motifs is 4. The van der Waals surface area contributed by atoms with E-state index >= 15 is 0 Å². The summed E-state index contributed by atoms with van der Waals surface area (Å²) in [6, 6.07) is 19.5. The van der Waals surface area contributed by atoms with Gasteiger partial charge in [-0.25, -0.2) is 0 Å². The first kappa shape index (κ1) is 26.2. The number of nitrogens with zero attached hydrogens (tertiary/aromatic N) is 2. The fourth-order valence-electron chi connectivity index (χ4n) is 6.78. The highest BCUT2D eigenvalue weighted by Gasteiger charge is 2.64. The molecule has 0 amide bonds. The number of carbonyl (C=O) groups is 2. The maximum absolute atomic E-state index is 13.3. The molecule has 4 aliphatic rings. The van der Waals surface area contributed by atoms with Gasteiger partial charge in [-0.05, 0) is 38.2 Å². The second-order valence-electron chi connectivity index (χ2n) is 11.7. The van der Waals surface area contributed by atoms with E-state index in [0.717, 1.165) is 11.1 Å². The standard InChI is InChI=1S/C31H36N2O6/c1-31-15-24-25(22(30(36)38-24)18-32(2)16-19-10-6-4-7-11-19)23-14-21(29(35)37-23)26(27(34)28(31)39-31)33(3)17-20-12-8-5-9-13-20/h4-14,21-22,24-28,34H,15-18H2,1-3H3. The monoisotopic (exact) mass is 532 g/mol. The summed E-state index contributed by atoms with van der Waals surface area (Å²) in [6.07, 6.45) is 0.374. The minimum absolute atomic E-state index is 0.288. The molecule has 206 valence electrons. The molecule has 0 saturated carbocycles. The van der Waals surface area contributed by atoms with E-state index in [2.05, 4.69) is 17.0 Å². The number of carbonyl (C=O) groups excluding carboxylic acids is 2. The summed E-state index contributed by atoms with van der Waals surface area (Å²) in [7, 11) is 3.90. The van der Waals surface area contributed by atoms with Crippen LogP contribution >= 0.6 is 0 Å². The van der Waals surface area contributed by atoms with Crippen molar-refractivity contribution in [1.82, 2.24) is 9.80 Å². The van der Waals surface area contributed by atoms with Crippen LogP contribution in [0.1, 0.15) is 24.5 Å². The molecule has 2 bridgehead atoms. The van der Waals surface area contributed by atoms with Gasteiger partial charge in [-0.1, -0.05) is 60.7 Å². The summed E-state index contributed by atoms with van der Waals surface area (Å²) in [5, 5.41) is 11.5. The number of ether oxygens (including phenoxy) is 3. The lowest BCUT2D eigenvalue weighted by atomic mass is 9.79. The van der Waals surface area contributed by atoms with Crippen LogP contribution in [0.25, 0.3) is 0 Å². The van der Waals surface area contributed by atoms with Gasteiger partial charge in [0.15, 0.2) is 0 Å². The molecule has 2 aromatic carbocycles. The van der Waals surface area contributed by atoms with Gasteiger partial charge in [-0.15, -0.1) is 0 Å². The zero-order valence-electron chi connectivity index (χ0n) is 22.6. The Morgan fingerprint density at radius 1 is 0.949 bits per heavy atom. The number of esters is 2. The summed E-state index contributed by atoms with van der Waals surface area (Å²) in [5.41, 5.74) is 1.58. The molecule has 8 heteroatoms. The maximum Gasteiger partial charge on any atom is 0.319 e. The van der Waals surface area contributed by atoms with Crippen molar-refractivity contribution in [2.24, 2.45) is 17.8 Å². The number of benzene rings is 2. The number of hydrogen-bond donors (Lipinski definition) is 1. The summed E-state index contributed by atoms with van der Waals surface area (Å²) in [5.74, 6) is -1.79. The largest absolute Gasteiger partial charge is 0.461 e. The zero-order chi connectivity index (χ0) is 27.3.